The van der Waals surface area contributed by atoms with Crippen molar-refractivity contribution in [2.24, 2.45) is 11.8 Å². The van der Waals surface area contributed by atoms with Gasteiger partial charge in [-0.3, -0.25) is 9.59 Å². The fourth-order valence-electron chi connectivity index (χ4n) is 5.25. The van der Waals surface area contributed by atoms with Gasteiger partial charge < -0.3 is 19.6 Å². The van der Waals surface area contributed by atoms with Crippen LogP contribution in [0.15, 0.2) is 54.9 Å². The van der Waals surface area contributed by atoms with Crippen LogP contribution in [0, 0.1) is 17.7 Å². The first-order valence-corrected chi connectivity index (χ1v) is 13.1. The standard InChI is InChI=1S/C29H29FN4O4/c30-25-20(16-34-27(36)23-5-1-2-6-24(23)28(34)37)4-3-7-22(25)21-14-31-29(32-15-21)38-17-18-10-12-33(13-11-18)26(35)19-8-9-19/h1-7,14-15,18-19,27,36H,8-13,16-17H2. The first-order chi connectivity index (χ1) is 18.5. The predicted molar refractivity (Wildman–Crippen MR) is 136 cm³/mol. The number of aliphatic hydroxyl groups is 1. The van der Waals surface area contributed by atoms with Crippen LogP contribution in [-0.2, 0) is 11.3 Å². The van der Waals surface area contributed by atoms with E-state index in [0.717, 1.165) is 38.8 Å². The lowest BCUT2D eigenvalue weighted by Crippen LogP contribution is -2.40. The quantitative estimate of drug-likeness (QED) is 0.511. The van der Waals surface area contributed by atoms with E-state index < -0.39 is 12.0 Å². The van der Waals surface area contributed by atoms with Gasteiger partial charge >= 0.3 is 6.01 Å². The fourth-order valence-corrected chi connectivity index (χ4v) is 5.25. The van der Waals surface area contributed by atoms with Crippen molar-refractivity contribution in [1.82, 2.24) is 19.8 Å². The second kappa shape index (κ2) is 10.1. The molecule has 1 N–H and O–H groups in total. The summed E-state index contributed by atoms with van der Waals surface area (Å²) in [5.74, 6) is 0.0705. The minimum atomic E-state index is -1.12. The van der Waals surface area contributed by atoms with Gasteiger partial charge in [-0.2, -0.15) is 0 Å². The van der Waals surface area contributed by atoms with Gasteiger partial charge in [0.15, 0.2) is 6.23 Å². The third kappa shape index (κ3) is 4.74. The lowest BCUT2D eigenvalue weighted by atomic mass is 9.97. The van der Waals surface area contributed by atoms with Gasteiger partial charge in [0.05, 0.1) is 13.2 Å². The molecule has 3 aromatic rings. The van der Waals surface area contributed by atoms with E-state index in [-0.39, 0.29) is 29.9 Å². The van der Waals surface area contributed by atoms with Crippen LogP contribution >= 0.6 is 0 Å². The Kier molecular flexibility index (Phi) is 6.53. The Bertz CT molecular complexity index is 1350. The highest BCUT2D eigenvalue weighted by molar-refractivity contribution is 5.98. The zero-order valence-corrected chi connectivity index (χ0v) is 20.9. The number of likely N-dealkylation sites (tertiary alicyclic amines) is 1. The minimum Gasteiger partial charge on any atom is -0.463 e. The molecule has 196 valence electrons. The Morgan fingerprint density at radius 3 is 2.42 bits per heavy atom. The maximum absolute atomic E-state index is 15.5. The van der Waals surface area contributed by atoms with Gasteiger partial charge in [-0.05, 0) is 37.7 Å². The maximum atomic E-state index is 15.5. The van der Waals surface area contributed by atoms with E-state index in [9.17, 15) is 14.7 Å². The van der Waals surface area contributed by atoms with Crippen LogP contribution in [0.4, 0.5) is 4.39 Å². The Balaban J connectivity index is 1.07. The van der Waals surface area contributed by atoms with Gasteiger partial charge in [0.1, 0.15) is 5.82 Å². The summed E-state index contributed by atoms with van der Waals surface area (Å²) >= 11 is 0. The summed E-state index contributed by atoms with van der Waals surface area (Å²) in [5.41, 5.74) is 2.03. The molecule has 1 aromatic heterocycles. The highest BCUT2D eigenvalue weighted by Crippen LogP contribution is 2.35. The van der Waals surface area contributed by atoms with Crippen LogP contribution in [0.2, 0.25) is 0 Å². The van der Waals surface area contributed by atoms with Crippen LogP contribution in [0.5, 0.6) is 6.01 Å². The molecular formula is C29H29FN4O4. The van der Waals surface area contributed by atoms with Crippen LogP contribution in [-0.4, -0.2) is 56.4 Å². The summed E-state index contributed by atoms with van der Waals surface area (Å²) in [6.07, 6.45) is 5.77. The molecule has 3 heterocycles. The van der Waals surface area contributed by atoms with Crippen LogP contribution in [0.25, 0.3) is 11.1 Å². The molecule has 2 amide bonds. The van der Waals surface area contributed by atoms with Crippen molar-refractivity contribution in [2.45, 2.75) is 38.5 Å². The normalized spacial score (nSPS) is 19.5. The molecule has 9 heteroatoms. The number of aromatic nitrogens is 2. The third-order valence-electron chi connectivity index (χ3n) is 7.68. The summed E-state index contributed by atoms with van der Waals surface area (Å²) in [7, 11) is 0. The second-order valence-corrected chi connectivity index (χ2v) is 10.3. The zero-order chi connectivity index (χ0) is 26.2. The lowest BCUT2D eigenvalue weighted by Gasteiger charge is -2.31. The minimum absolute atomic E-state index is 0.0680. The summed E-state index contributed by atoms with van der Waals surface area (Å²) in [4.78, 5) is 36.8. The van der Waals surface area contributed by atoms with E-state index in [1.165, 1.54) is 17.3 Å². The molecule has 3 aliphatic rings. The van der Waals surface area contributed by atoms with Crippen molar-refractivity contribution < 1.29 is 23.8 Å². The SMILES string of the molecule is O=C(C1CC1)N1CCC(COc2ncc(-c3cccc(CN4C(=O)c5ccccc5C4O)c3F)cn2)CC1. The highest BCUT2D eigenvalue weighted by Gasteiger charge is 2.36. The van der Waals surface area contributed by atoms with Gasteiger partial charge in [0, 0.05) is 59.2 Å². The number of nitrogens with zero attached hydrogens (tertiary/aromatic N) is 4. The van der Waals surface area contributed by atoms with E-state index >= 15 is 4.39 Å². The molecule has 1 saturated carbocycles. The number of halogens is 1. The molecule has 38 heavy (non-hydrogen) atoms. The van der Waals surface area contributed by atoms with Gasteiger partial charge in [-0.1, -0.05) is 36.4 Å². The molecule has 8 nitrogen and oxygen atoms in total. The molecule has 2 fully saturated rings. The Hall–Kier alpha value is -3.85. The van der Waals surface area contributed by atoms with E-state index in [0.29, 0.717) is 40.7 Å². The third-order valence-corrected chi connectivity index (χ3v) is 7.68. The highest BCUT2D eigenvalue weighted by atomic mass is 19.1. The first-order valence-electron chi connectivity index (χ1n) is 13.1. The number of hydrogen-bond donors (Lipinski definition) is 1. The number of fused-ring (bicyclic) bond motifs is 1. The average molecular weight is 517 g/mol. The van der Waals surface area contributed by atoms with E-state index in [2.05, 4.69) is 9.97 Å². The number of carbonyl (C=O) groups is 2. The van der Waals surface area contributed by atoms with E-state index in [4.69, 9.17) is 4.74 Å². The smallest absolute Gasteiger partial charge is 0.316 e. The molecular weight excluding hydrogens is 487 g/mol. The monoisotopic (exact) mass is 516 g/mol. The summed E-state index contributed by atoms with van der Waals surface area (Å²) in [6, 6.07) is 12.0. The number of hydrogen-bond acceptors (Lipinski definition) is 6. The molecule has 1 aliphatic carbocycles. The van der Waals surface area contributed by atoms with Gasteiger partial charge in [0.2, 0.25) is 5.91 Å². The van der Waals surface area contributed by atoms with Crippen molar-refractivity contribution in [2.75, 3.05) is 19.7 Å². The van der Waals surface area contributed by atoms with Crippen molar-refractivity contribution in [3.63, 3.8) is 0 Å². The van der Waals surface area contributed by atoms with Crippen molar-refractivity contribution >= 4 is 11.8 Å². The maximum Gasteiger partial charge on any atom is 0.316 e. The molecule has 6 rings (SSSR count). The first kappa shape index (κ1) is 24.5. The molecule has 1 unspecified atom stereocenters. The van der Waals surface area contributed by atoms with Gasteiger partial charge in [-0.15, -0.1) is 0 Å². The number of amides is 2. The molecule has 0 bridgehead atoms. The van der Waals surface area contributed by atoms with Crippen molar-refractivity contribution in [3.05, 3.63) is 77.4 Å². The fraction of sp³-hybridized carbons (Fsp3) is 0.379. The van der Waals surface area contributed by atoms with Crippen LogP contribution in [0.3, 0.4) is 0 Å². The largest absolute Gasteiger partial charge is 0.463 e. The molecule has 1 saturated heterocycles. The number of benzene rings is 2. The van der Waals surface area contributed by atoms with Crippen molar-refractivity contribution in [1.29, 1.82) is 0 Å². The number of aliphatic hydroxyl groups excluding tert-OH is 1. The molecule has 0 spiro atoms. The average Bonchev–Trinajstić information content (AvgIpc) is 3.78. The topological polar surface area (TPSA) is 95.9 Å². The summed E-state index contributed by atoms with van der Waals surface area (Å²) in [6.45, 7) is 1.94. The Morgan fingerprint density at radius 2 is 1.71 bits per heavy atom. The Morgan fingerprint density at radius 1 is 1.00 bits per heavy atom. The molecule has 2 aliphatic heterocycles. The second-order valence-electron chi connectivity index (χ2n) is 10.3. The lowest BCUT2D eigenvalue weighted by molar-refractivity contribution is -0.134. The molecule has 0 radical (unpaired) electrons. The molecule has 2 aromatic carbocycles. The summed E-state index contributed by atoms with van der Waals surface area (Å²) in [5, 5.41) is 10.6. The van der Waals surface area contributed by atoms with Crippen LogP contribution in [0.1, 0.15) is 53.4 Å². The van der Waals surface area contributed by atoms with E-state index in [1.807, 2.05) is 4.90 Å². The van der Waals surface area contributed by atoms with Gasteiger partial charge in [-0.25, -0.2) is 14.4 Å². The summed E-state index contributed by atoms with van der Waals surface area (Å²) < 4.78 is 21.3. The van der Waals surface area contributed by atoms with E-state index in [1.54, 1.807) is 42.5 Å². The predicted octanol–water partition coefficient (Wildman–Crippen LogP) is 3.96. The number of carbonyl (C=O) groups excluding carboxylic acids is 2. The number of ether oxygens (including phenoxy) is 1. The van der Waals surface area contributed by atoms with Crippen LogP contribution < -0.4 is 4.74 Å². The molecule has 1 atom stereocenters. The number of rotatable bonds is 7. The Labute approximate surface area is 220 Å². The van der Waals surface area contributed by atoms with Gasteiger partial charge in [0.25, 0.3) is 5.91 Å². The number of piperidine rings is 1. The zero-order valence-electron chi connectivity index (χ0n) is 20.9. The van der Waals surface area contributed by atoms with Crippen molar-refractivity contribution in [3.8, 4) is 17.1 Å².